The second-order valence-corrected chi connectivity index (χ2v) is 5.04. The van der Waals surface area contributed by atoms with E-state index in [1.807, 2.05) is 0 Å². The average Bonchev–Trinajstić information content (AvgIpc) is 2.19. The summed E-state index contributed by atoms with van der Waals surface area (Å²) in [6, 6.07) is 0. The van der Waals surface area contributed by atoms with Crippen LogP contribution in [0.1, 0.15) is 59.8 Å². The molecule has 1 saturated carbocycles. The molecule has 3 heteroatoms. The molecule has 0 saturated heterocycles. The van der Waals surface area contributed by atoms with Crippen molar-refractivity contribution in [2.75, 3.05) is 6.61 Å². The van der Waals surface area contributed by atoms with Gasteiger partial charge in [-0.2, -0.15) is 0 Å². The van der Waals surface area contributed by atoms with Crippen LogP contribution >= 0.6 is 0 Å². The van der Waals surface area contributed by atoms with Gasteiger partial charge in [-0.3, -0.25) is 4.79 Å². The minimum Gasteiger partial charge on any atom is -0.468 e. The Hall–Kier alpha value is -0.570. The van der Waals surface area contributed by atoms with E-state index in [2.05, 4.69) is 25.5 Å². The molecular weight excluding hydrogens is 204 g/mol. The summed E-state index contributed by atoms with van der Waals surface area (Å²) in [6.07, 6.45) is 7.23. The highest BCUT2D eigenvalue weighted by molar-refractivity contribution is 5.36. The van der Waals surface area contributed by atoms with Crippen molar-refractivity contribution in [2.45, 2.75) is 71.5 Å². The number of hydrogen-bond acceptors (Lipinski definition) is 3. The Morgan fingerprint density at radius 2 is 1.75 bits per heavy atom. The molecule has 0 unspecified atom stereocenters. The van der Waals surface area contributed by atoms with E-state index >= 15 is 0 Å². The van der Waals surface area contributed by atoms with E-state index in [4.69, 9.17) is 4.74 Å². The van der Waals surface area contributed by atoms with Crippen LogP contribution < -0.4 is 0 Å². The van der Waals surface area contributed by atoms with Gasteiger partial charge in [0.1, 0.15) is 0 Å². The first-order chi connectivity index (χ1) is 7.49. The minimum absolute atomic E-state index is 0.0575. The molecule has 16 heavy (non-hydrogen) atoms. The maximum atomic E-state index is 9.18. The van der Waals surface area contributed by atoms with Gasteiger partial charge in [0.05, 0.1) is 18.3 Å². The molecule has 0 atom stereocenters. The van der Waals surface area contributed by atoms with E-state index in [1.54, 1.807) is 6.92 Å². The van der Waals surface area contributed by atoms with E-state index in [-0.39, 0.29) is 5.60 Å². The molecule has 1 aliphatic carbocycles. The number of carbonyl (C=O) groups excluding carboxylic acids is 1. The summed E-state index contributed by atoms with van der Waals surface area (Å²) < 4.78 is 10.0. The van der Waals surface area contributed by atoms with Crippen molar-refractivity contribution in [1.82, 2.24) is 0 Å². The lowest BCUT2D eigenvalue weighted by Crippen LogP contribution is -2.28. The zero-order valence-corrected chi connectivity index (χ0v) is 11.1. The smallest absolute Gasteiger partial charge is 0.293 e. The number of rotatable bonds is 3. The Morgan fingerprint density at radius 1 is 1.19 bits per heavy atom. The zero-order chi connectivity index (χ0) is 12.4. The van der Waals surface area contributed by atoms with Gasteiger partial charge in [0, 0.05) is 0 Å². The molecule has 0 aromatic carbocycles. The molecule has 96 valence electrons. The largest absolute Gasteiger partial charge is 0.468 e. The monoisotopic (exact) mass is 230 g/mol. The van der Waals surface area contributed by atoms with Gasteiger partial charge in [-0.25, -0.2) is 0 Å². The van der Waals surface area contributed by atoms with Crippen molar-refractivity contribution in [3.05, 3.63) is 0 Å². The van der Waals surface area contributed by atoms with Crippen LogP contribution in [0.4, 0.5) is 0 Å². The van der Waals surface area contributed by atoms with Crippen LogP contribution in [0.5, 0.6) is 0 Å². The molecule has 0 aromatic heterocycles. The first-order valence-electron chi connectivity index (χ1n) is 6.22. The molecule has 0 bridgehead atoms. The van der Waals surface area contributed by atoms with Gasteiger partial charge in [0.15, 0.2) is 0 Å². The van der Waals surface area contributed by atoms with Gasteiger partial charge >= 0.3 is 0 Å². The summed E-state index contributed by atoms with van der Waals surface area (Å²) in [6.45, 7) is 9.09. The summed E-state index contributed by atoms with van der Waals surface area (Å²) in [4.78, 5) is 9.18. The van der Waals surface area contributed by atoms with Gasteiger partial charge < -0.3 is 9.47 Å². The normalized spacial score (nSPS) is 17.2. The second-order valence-electron chi connectivity index (χ2n) is 5.04. The Morgan fingerprint density at radius 3 is 2.06 bits per heavy atom. The first-order valence-corrected chi connectivity index (χ1v) is 6.22. The Bertz CT molecular complexity index is 167. The van der Waals surface area contributed by atoms with Crippen LogP contribution in [0.15, 0.2) is 0 Å². The minimum atomic E-state index is 0.0575. The summed E-state index contributed by atoms with van der Waals surface area (Å²) in [5.74, 6) is 0. The van der Waals surface area contributed by atoms with E-state index in [9.17, 15) is 4.79 Å². The molecule has 1 fully saturated rings. The van der Waals surface area contributed by atoms with Crippen LogP contribution in [0, 0.1) is 0 Å². The van der Waals surface area contributed by atoms with E-state index < -0.39 is 0 Å². The second kappa shape index (κ2) is 8.57. The van der Waals surface area contributed by atoms with Crippen molar-refractivity contribution in [1.29, 1.82) is 0 Å². The molecule has 0 heterocycles. The summed E-state index contributed by atoms with van der Waals surface area (Å²) in [5, 5.41) is 0. The summed E-state index contributed by atoms with van der Waals surface area (Å²) >= 11 is 0. The predicted octanol–water partition coefficient (Wildman–Crippen LogP) is 3.31. The standard InChI is InChI=1S/C10H20O.C3H6O2/c1-10(2,3)11-9-7-5-4-6-8-9;1-2-5-3-4/h9H,4-8H2,1-3H3;3H,2H2,1H3. The molecule has 0 radical (unpaired) electrons. The lowest BCUT2D eigenvalue weighted by atomic mass is 9.97. The highest BCUT2D eigenvalue weighted by Crippen LogP contribution is 2.24. The Kier molecular flexibility index (Phi) is 8.26. The van der Waals surface area contributed by atoms with Crippen molar-refractivity contribution < 1.29 is 14.3 Å². The van der Waals surface area contributed by atoms with Crippen molar-refractivity contribution >= 4 is 6.47 Å². The molecule has 0 spiro atoms. The third-order valence-electron chi connectivity index (χ3n) is 2.31. The molecule has 0 aromatic rings. The highest BCUT2D eigenvalue weighted by Gasteiger charge is 2.20. The fourth-order valence-electron chi connectivity index (χ4n) is 1.75. The van der Waals surface area contributed by atoms with Gasteiger partial charge in [-0.05, 0) is 40.5 Å². The molecule has 0 amide bonds. The van der Waals surface area contributed by atoms with Crippen LogP contribution in [-0.2, 0) is 14.3 Å². The van der Waals surface area contributed by atoms with E-state index in [1.165, 1.54) is 32.1 Å². The van der Waals surface area contributed by atoms with Crippen LogP contribution in [0.3, 0.4) is 0 Å². The number of hydrogen-bond donors (Lipinski definition) is 0. The van der Waals surface area contributed by atoms with Gasteiger partial charge in [-0.1, -0.05) is 19.3 Å². The van der Waals surface area contributed by atoms with Gasteiger partial charge in [0.2, 0.25) is 0 Å². The maximum Gasteiger partial charge on any atom is 0.293 e. The topological polar surface area (TPSA) is 35.5 Å². The zero-order valence-electron chi connectivity index (χ0n) is 11.1. The molecule has 1 rings (SSSR count). The summed E-state index contributed by atoms with van der Waals surface area (Å²) in [7, 11) is 0. The van der Waals surface area contributed by atoms with Crippen molar-refractivity contribution in [3.63, 3.8) is 0 Å². The Labute approximate surface area is 99.5 Å². The third-order valence-corrected chi connectivity index (χ3v) is 2.31. The molecule has 1 aliphatic rings. The van der Waals surface area contributed by atoms with Gasteiger partial charge in [-0.15, -0.1) is 0 Å². The lowest BCUT2D eigenvalue weighted by Gasteiger charge is -2.30. The third kappa shape index (κ3) is 9.97. The average molecular weight is 230 g/mol. The Balaban J connectivity index is 0.000000385. The molecule has 0 aliphatic heterocycles. The highest BCUT2D eigenvalue weighted by atomic mass is 16.5. The lowest BCUT2D eigenvalue weighted by molar-refractivity contribution is -0.128. The number of ether oxygens (including phenoxy) is 2. The van der Waals surface area contributed by atoms with E-state index in [0.29, 0.717) is 19.2 Å². The first kappa shape index (κ1) is 15.4. The van der Waals surface area contributed by atoms with E-state index in [0.717, 1.165) is 0 Å². The quantitative estimate of drug-likeness (QED) is 0.698. The molecular formula is C13H26O3. The summed E-state index contributed by atoms with van der Waals surface area (Å²) in [5.41, 5.74) is 0.0575. The van der Waals surface area contributed by atoms with Crippen LogP contribution in [-0.4, -0.2) is 24.8 Å². The fourth-order valence-corrected chi connectivity index (χ4v) is 1.75. The number of carbonyl (C=O) groups is 1. The SMILES string of the molecule is CC(C)(C)OC1CCCCC1.CCOC=O. The fraction of sp³-hybridized carbons (Fsp3) is 0.923. The van der Waals surface area contributed by atoms with Crippen LogP contribution in [0.2, 0.25) is 0 Å². The predicted molar refractivity (Wildman–Crippen MR) is 65.4 cm³/mol. The molecule has 0 N–H and O–H groups in total. The van der Waals surface area contributed by atoms with Crippen molar-refractivity contribution in [3.8, 4) is 0 Å². The van der Waals surface area contributed by atoms with Crippen LogP contribution in [0.25, 0.3) is 0 Å². The maximum absolute atomic E-state index is 9.18. The van der Waals surface area contributed by atoms with Gasteiger partial charge in [0.25, 0.3) is 6.47 Å². The van der Waals surface area contributed by atoms with Crippen molar-refractivity contribution in [2.24, 2.45) is 0 Å². The molecule has 3 nitrogen and oxygen atoms in total.